The fourth-order valence-corrected chi connectivity index (χ4v) is 2.11. The Kier molecular flexibility index (Phi) is 6.25. The summed E-state index contributed by atoms with van der Waals surface area (Å²) in [5, 5.41) is 0. The number of esters is 2. The van der Waals surface area contributed by atoms with Crippen LogP contribution < -0.4 is 0 Å². The number of carbonyl (C=O) groups is 2. The highest BCUT2D eigenvalue weighted by atomic mass is 19.1. The van der Waals surface area contributed by atoms with E-state index in [4.69, 9.17) is 14.2 Å². The van der Waals surface area contributed by atoms with Crippen molar-refractivity contribution in [1.29, 1.82) is 0 Å². The second-order valence-corrected chi connectivity index (χ2v) is 5.25. The Hall–Kier alpha value is -2.72. The number of hydrogen-bond donors (Lipinski definition) is 0. The molecule has 0 spiro atoms. The van der Waals surface area contributed by atoms with E-state index in [9.17, 15) is 18.4 Å². The van der Waals surface area contributed by atoms with Gasteiger partial charge in [-0.3, -0.25) is 9.59 Å². The molecule has 7 heteroatoms. The lowest BCUT2D eigenvalue weighted by Crippen LogP contribution is -2.41. The molecule has 0 amide bonds. The second-order valence-electron chi connectivity index (χ2n) is 5.25. The molecule has 1 aliphatic rings. The lowest BCUT2D eigenvalue weighted by molar-refractivity contribution is -0.161. The zero-order valence-corrected chi connectivity index (χ0v) is 13.6. The van der Waals surface area contributed by atoms with Crippen LogP contribution in [0.15, 0.2) is 30.4 Å². The molecule has 1 heterocycles. The van der Waals surface area contributed by atoms with Crippen LogP contribution in [0.5, 0.6) is 0 Å². The van der Waals surface area contributed by atoms with Crippen LogP contribution in [0.2, 0.25) is 0 Å². The average Bonchev–Trinajstić information content (AvgIpc) is 2.53. The third-order valence-electron chi connectivity index (χ3n) is 3.20. The van der Waals surface area contributed by atoms with E-state index in [2.05, 4.69) is 11.8 Å². The second kappa shape index (κ2) is 8.40. The summed E-state index contributed by atoms with van der Waals surface area (Å²) in [6.07, 6.45) is 0.926. The molecule has 0 aromatic heterocycles. The summed E-state index contributed by atoms with van der Waals surface area (Å²) in [7, 11) is 0. The Labute approximate surface area is 143 Å². The molecule has 1 aromatic carbocycles. The zero-order chi connectivity index (χ0) is 18.4. The molecule has 0 fully saturated rings. The fraction of sp³-hybridized carbons (Fsp3) is 0.333. The van der Waals surface area contributed by atoms with Crippen LogP contribution in [-0.4, -0.2) is 36.9 Å². The van der Waals surface area contributed by atoms with Crippen molar-refractivity contribution < 1.29 is 32.6 Å². The minimum atomic E-state index is -0.776. The maximum atomic E-state index is 13.6. The van der Waals surface area contributed by atoms with Crippen LogP contribution in [-0.2, 0) is 23.8 Å². The van der Waals surface area contributed by atoms with Crippen molar-refractivity contribution in [3.05, 3.63) is 47.5 Å². The van der Waals surface area contributed by atoms with Crippen LogP contribution in [0.3, 0.4) is 0 Å². The van der Waals surface area contributed by atoms with E-state index in [0.29, 0.717) is 0 Å². The molecule has 3 atom stereocenters. The molecule has 0 aliphatic carbocycles. The summed E-state index contributed by atoms with van der Waals surface area (Å²) in [6, 6.07) is 3.06. The van der Waals surface area contributed by atoms with Gasteiger partial charge < -0.3 is 14.2 Å². The van der Waals surface area contributed by atoms with Crippen LogP contribution in [0, 0.1) is 23.5 Å². The number of hydrogen-bond acceptors (Lipinski definition) is 5. The van der Waals surface area contributed by atoms with Crippen molar-refractivity contribution in [2.45, 2.75) is 32.2 Å². The summed E-state index contributed by atoms with van der Waals surface area (Å²) < 4.78 is 42.1. The molecule has 5 nitrogen and oxygen atoms in total. The minimum Gasteiger partial charge on any atom is -0.463 e. The molecule has 0 bridgehead atoms. The fourth-order valence-electron chi connectivity index (χ4n) is 2.11. The first kappa shape index (κ1) is 18.6. The molecule has 2 rings (SSSR count). The van der Waals surface area contributed by atoms with E-state index < -0.39 is 41.9 Å². The zero-order valence-electron chi connectivity index (χ0n) is 13.6. The molecule has 1 aromatic rings. The van der Waals surface area contributed by atoms with E-state index in [1.165, 1.54) is 19.9 Å². The van der Waals surface area contributed by atoms with Gasteiger partial charge in [0.25, 0.3) is 0 Å². The van der Waals surface area contributed by atoms with E-state index in [-0.39, 0.29) is 12.2 Å². The molecule has 1 aliphatic heterocycles. The Bertz CT molecular complexity index is 748. The molecule has 132 valence electrons. The predicted molar refractivity (Wildman–Crippen MR) is 83.2 cm³/mol. The van der Waals surface area contributed by atoms with Gasteiger partial charge in [-0.1, -0.05) is 11.8 Å². The highest BCUT2D eigenvalue weighted by molar-refractivity contribution is 5.67. The van der Waals surface area contributed by atoms with Gasteiger partial charge in [-0.25, -0.2) is 8.78 Å². The van der Waals surface area contributed by atoms with Crippen molar-refractivity contribution in [3.8, 4) is 11.8 Å². The van der Waals surface area contributed by atoms with Gasteiger partial charge in [-0.05, 0) is 24.3 Å². The molecule has 0 radical (unpaired) electrons. The van der Waals surface area contributed by atoms with E-state index in [1.807, 2.05) is 0 Å². The van der Waals surface area contributed by atoms with Crippen molar-refractivity contribution >= 4 is 11.9 Å². The van der Waals surface area contributed by atoms with Crippen LogP contribution in [0.25, 0.3) is 0 Å². The standard InChI is InChI=1S/C18H16F2O5/c1-11(21)23-10-18-17(24-12(2)22)8-7-15(25-18)6-4-13-3-5-14(19)9-16(13)20/h3,5,7-9,15,17-18H,10H2,1-2H3/t15-,17+,18-/m1/s1. The van der Waals surface area contributed by atoms with Gasteiger partial charge in [0.05, 0.1) is 5.56 Å². The lowest BCUT2D eigenvalue weighted by Gasteiger charge is -2.29. The first-order chi connectivity index (χ1) is 11.8. The number of benzene rings is 1. The van der Waals surface area contributed by atoms with Gasteiger partial charge in [0.2, 0.25) is 0 Å². The largest absolute Gasteiger partial charge is 0.463 e. The van der Waals surface area contributed by atoms with Gasteiger partial charge in [0.15, 0.2) is 0 Å². The number of carbonyl (C=O) groups excluding carboxylic acids is 2. The molecular weight excluding hydrogens is 334 g/mol. The Morgan fingerprint density at radius 1 is 1.20 bits per heavy atom. The molecule has 0 N–H and O–H groups in total. The molecule has 0 unspecified atom stereocenters. The minimum absolute atomic E-state index is 0.0250. The first-order valence-corrected chi connectivity index (χ1v) is 7.46. The van der Waals surface area contributed by atoms with Gasteiger partial charge in [0, 0.05) is 19.9 Å². The molecule has 0 saturated carbocycles. The van der Waals surface area contributed by atoms with Crippen LogP contribution >= 0.6 is 0 Å². The van der Waals surface area contributed by atoms with Crippen molar-refractivity contribution in [2.75, 3.05) is 6.61 Å². The van der Waals surface area contributed by atoms with Gasteiger partial charge >= 0.3 is 11.9 Å². The molecule has 25 heavy (non-hydrogen) atoms. The van der Waals surface area contributed by atoms with Crippen molar-refractivity contribution in [3.63, 3.8) is 0 Å². The maximum absolute atomic E-state index is 13.6. The lowest BCUT2D eigenvalue weighted by atomic mass is 10.1. The third kappa shape index (κ3) is 5.69. The van der Waals surface area contributed by atoms with E-state index in [1.54, 1.807) is 12.2 Å². The highest BCUT2D eigenvalue weighted by Crippen LogP contribution is 2.17. The van der Waals surface area contributed by atoms with Gasteiger partial charge in [-0.2, -0.15) is 0 Å². The summed E-state index contributed by atoms with van der Waals surface area (Å²) in [5.41, 5.74) is 0.0250. The van der Waals surface area contributed by atoms with E-state index in [0.717, 1.165) is 12.1 Å². The first-order valence-electron chi connectivity index (χ1n) is 7.46. The number of halogens is 2. The summed E-state index contributed by atoms with van der Waals surface area (Å²) >= 11 is 0. The summed E-state index contributed by atoms with van der Waals surface area (Å²) in [4.78, 5) is 22.1. The normalized spacial score (nSPS) is 21.8. The Balaban J connectivity index is 2.13. The highest BCUT2D eigenvalue weighted by Gasteiger charge is 2.30. The van der Waals surface area contributed by atoms with Crippen LogP contribution in [0.1, 0.15) is 19.4 Å². The van der Waals surface area contributed by atoms with Gasteiger partial charge in [0.1, 0.15) is 36.6 Å². The summed E-state index contributed by atoms with van der Waals surface area (Å²) in [6.45, 7) is 2.37. The SMILES string of the molecule is CC(=O)OC[C@H]1O[C@H](C#Cc2ccc(F)cc2F)C=C[C@@H]1OC(C)=O. The number of ether oxygens (including phenoxy) is 3. The van der Waals surface area contributed by atoms with E-state index >= 15 is 0 Å². The van der Waals surface area contributed by atoms with Gasteiger partial charge in [-0.15, -0.1) is 0 Å². The third-order valence-corrected chi connectivity index (χ3v) is 3.20. The topological polar surface area (TPSA) is 61.8 Å². The van der Waals surface area contributed by atoms with Crippen molar-refractivity contribution in [2.24, 2.45) is 0 Å². The predicted octanol–water partition coefficient (Wildman–Crippen LogP) is 2.13. The van der Waals surface area contributed by atoms with Crippen LogP contribution in [0.4, 0.5) is 8.78 Å². The Morgan fingerprint density at radius 3 is 2.60 bits per heavy atom. The number of rotatable bonds is 3. The monoisotopic (exact) mass is 350 g/mol. The smallest absolute Gasteiger partial charge is 0.303 e. The summed E-state index contributed by atoms with van der Waals surface area (Å²) in [5.74, 6) is 2.77. The molecule has 0 saturated heterocycles. The Morgan fingerprint density at radius 2 is 1.96 bits per heavy atom. The average molecular weight is 350 g/mol. The molecular formula is C18H16F2O5. The maximum Gasteiger partial charge on any atom is 0.303 e. The quantitative estimate of drug-likeness (QED) is 0.475. The van der Waals surface area contributed by atoms with Crippen molar-refractivity contribution in [1.82, 2.24) is 0 Å².